The van der Waals surface area contributed by atoms with Gasteiger partial charge < -0.3 is 0 Å². The largest absolute Gasteiger partial charge is 0.244 e. The molecule has 2 rings (SSSR count). The van der Waals surface area contributed by atoms with Gasteiger partial charge in [0.25, 0.3) is 0 Å². The molecule has 0 N–H and O–H groups in total. The molecular formula is C15H12F2N2O2S. The Balaban J connectivity index is 2.36. The first kappa shape index (κ1) is 16.1. The maximum absolute atomic E-state index is 13.6. The van der Waals surface area contributed by atoms with Crippen molar-refractivity contribution in [3.05, 3.63) is 65.2 Å². The van der Waals surface area contributed by atoms with E-state index in [2.05, 4.69) is 0 Å². The van der Waals surface area contributed by atoms with Crippen LogP contribution < -0.4 is 0 Å². The predicted molar refractivity (Wildman–Crippen MR) is 76.2 cm³/mol. The van der Waals surface area contributed by atoms with Crippen molar-refractivity contribution in [2.45, 2.75) is 11.4 Å². The summed E-state index contributed by atoms with van der Waals surface area (Å²) in [6.07, 6.45) is 0. The second-order valence-electron chi connectivity index (χ2n) is 4.60. The zero-order valence-electron chi connectivity index (χ0n) is 11.6. The minimum absolute atomic E-state index is 0.00827. The number of nitrogens with zero attached hydrogens (tertiary/aromatic N) is 2. The highest BCUT2D eigenvalue weighted by atomic mass is 32.2. The molecule has 4 nitrogen and oxygen atoms in total. The van der Waals surface area contributed by atoms with Crippen molar-refractivity contribution in [2.24, 2.45) is 0 Å². The molecular weight excluding hydrogens is 310 g/mol. The Bertz CT molecular complexity index is 845. The van der Waals surface area contributed by atoms with Gasteiger partial charge in [-0.2, -0.15) is 9.57 Å². The molecule has 0 amide bonds. The summed E-state index contributed by atoms with van der Waals surface area (Å²) in [5, 5.41) is 8.99. The van der Waals surface area contributed by atoms with Gasteiger partial charge in [-0.15, -0.1) is 0 Å². The zero-order chi connectivity index (χ0) is 16.3. The van der Waals surface area contributed by atoms with E-state index in [-0.39, 0.29) is 22.6 Å². The van der Waals surface area contributed by atoms with Crippen molar-refractivity contribution in [3.8, 4) is 6.07 Å². The summed E-state index contributed by atoms with van der Waals surface area (Å²) in [7, 11) is -2.69. The molecule has 0 aliphatic heterocycles. The predicted octanol–water partition coefficient (Wildman–Crippen LogP) is 2.66. The molecule has 0 heterocycles. The van der Waals surface area contributed by atoms with Crippen LogP contribution in [0.4, 0.5) is 8.78 Å². The summed E-state index contributed by atoms with van der Waals surface area (Å²) in [5.74, 6) is -1.56. The van der Waals surface area contributed by atoms with Crippen LogP contribution in [0.15, 0.2) is 47.4 Å². The third kappa shape index (κ3) is 3.13. The Morgan fingerprint density at radius 3 is 2.50 bits per heavy atom. The molecule has 0 saturated heterocycles. The summed E-state index contributed by atoms with van der Waals surface area (Å²) in [6, 6.07) is 10.5. The summed E-state index contributed by atoms with van der Waals surface area (Å²) in [4.78, 5) is -0.150. The molecule has 0 aliphatic carbocycles. The molecule has 0 saturated carbocycles. The first-order valence-corrected chi connectivity index (χ1v) is 7.69. The van der Waals surface area contributed by atoms with Gasteiger partial charge in [0.1, 0.15) is 17.7 Å². The fraction of sp³-hybridized carbons (Fsp3) is 0.133. The topological polar surface area (TPSA) is 61.2 Å². The lowest BCUT2D eigenvalue weighted by Crippen LogP contribution is -2.27. The van der Waals surface area contributed by atoms with Crippen LogP contribution in [0.1, 0.15) is 11.1 Å². The molecule has 22 heavy (non-hydrogen) atoms. The van der Waals surface area contributed by atoms with Gasteiger partial charge in [0.05, 0.1) is 10.5 Å². The summed E-state index contributed by atoms with van der Waals surface area (Å²) >= 11 is 0. The van der Waals surface area contributed by atoms with Gasteiger partial charge >= 0.3 is 0 Å². The SMILES string of the molecule is CN(Cc1ccc(F)cc1F)S(=O)(=O)c1ccccc1C#N. The van der Waals surface area contributed by atoms with E-state index in [0.717, 1.165) is 10.4 Å². The molecule has 0 spiro atoms. The number of nitriles is 1. The summed E-state index contributed by atoms with van der Waals surface area (Å²) < 4.78 is 52.4. The Morgan fingerprint density at radius 2 is 1.86 bits per heavy atom. The number of hydrogen-bond donors (Lipinski definition) is 0. The fourth-order valence-electron chi connectivity index (χ4n) is 1.93. The molecule has 0 unspecified atom stereocenters. The molecule has 0 bridgehead atoms. The molecule has 2 aromatic rings. The lowest BCUT2D eigenvalue weighted by Gasteiger charge is -2.18. The Kier molecular flexibility index (Phi) is 4.54. The van der Waals surface area contributed by atoms with Gasteiger partial charge in [0, 0.05) is 25.2 Å². The molecule has 114 valence electrons. The Hall–Kier alpha value is -2.30. The van der Waals surface area contributed by atoms with Gasteiger partial charge in [0.15, 0.2) is 0 Å². The second-order valence-corrected chi connectivity index (χ2v) is 6.62. The van der Waals surface area contributed by atoms with Gasteiger partial charge in [-0.05, 0) is 18.2 Å². The van der Waals surface area contributed by atoms with Crippen molar-refractivity contribution in [2.75, 3.05) is 7.05 Å². The van der Waals surface area contributed by atoms with Crippen molar-refractivity contribution in [1.82, 2.24) is 4.31 Å². The Labute approximate surface area is 127 Å². The lowest BCUT2D eigenvalue weighted by molar-refractivity contribution is 0.454. The van der Waals surface area contributed by atoms with Crippen molar-refractivity contribution < 1.29 is 17.2 Å². The molecule has 2 aromatic carbocycles. The zero-order valence-corrected chi connectivity index (χ0v) is 12.4. The van der Waals surface area contributed by atoms with Crippen LogP contribution in [0.5, 0.6) is 0 Å². The van der Waals surface area contributed by atoms with Gasteiger partial charge in [0.2, 0.25) is 10.0 Å². The maximum atomic E-state index is 13.6. The third-order valence-corrected chi connectivity index (χ3v) is 4.97. The van der Waals surface area contributed by atoms with Gasteiger partial charge in [-0.1, -0.05) is 18.2 Å². The molecule has 0 radical (unpaired) electrons. The summed E-state index contributed by atoms with van der Waals surface area (Å²) in [5.41, 5.74) is 0.0517. The number of rotatable bonds is 4. The normalized spacial score (nSPS) is 11.4. The monoisotopic (exact) mass is 322 g/mol. The van der Waals surface area contributed by atoms with Crippen LogP contribution >= 0.6 is 0 Å². The fourth-order valence-corrected chi connectivity index (χ4v) is 3.21. The minimum Gasteiger partial charge on any atom is -0.207 e. The number of hydrogen-bond acceptors (Lipinski definition) is 3. The summed E-state index contributed by atoms with van der Waals surface area (Å²) in [6.45, 7) is -0.270. The molecule has 0 aromatic heterocycles. The maximum Gasteiger partial charge on any atom is 0.244 e. The third-order valence-electron chi connectivity index (χ3n) is 3.10. The lowest BCUT2D eigenvalue weighted by atomic mass is 10.2. The number of halogens is 2. The van der Waals surface area contributed by atoms with Crippen LogP contribution in [0.3, 0.4) is 0 Å². The van der Waals surface area contributed by atoms with E-state index >= 15 is 0 Å². The average Bonchev–Trinajstić information content (AvgIpc) is 2.49. The molecule has 0 atom stereocenters. The first-order valence-electron chi connectivity index (χ1n) is 6.25. The molecule has 7 heteroatoms. The Morgan fingerprint density at radius 1 is 1.18 bits per heavy atom. The quantitative estimate of drug-likeness (QED) is 0.869. The first-order chi connectivity index (χ1) is 10.4. The van der Waals surface area contributed by atoms with E-state index in [1.807, 2.05) is 6.07 Å². The van der Waals surface area contributed by atoms with Crippen LogP contribution in [0.2, 0.25) is 0 Å². The van der Waals surface area contributed by atoms with E-state index in [0.29, 0.717) is 6.07 Å². The van der Waals surface area contributed by atoms with Crippen molar-refractivity contribution in [3.63, 3.8) is 0 Å². The van der Waals surface area contributed by atoms with E-state index in [1.54, 1.807) is 6.07 Å². The van der Waals surface area contributed by atoms with E-state index in [9.17, 15) is 17.2 Å². The molecule has 0 fully saturated rings. The highest BCUT2D eigenvalue weighted by Gasteiger charge is 2.24. The second kappa shape index (κ2) is 6.22. The smallest absolute Gasteiger partial charge is 0.207 e. The standard InChI is InChI=1S/C15H12F2N2O2S/c1-19(10-12-6-7-13(16)8-14(12)17)22(20,21)15-5-3-2-4-11(15)9-18/h2-8H,10H2,1H3. The van der Waals surface area contributed by atoms with Crippen LogP contribution in [-0.2, 0) is 16.6 Å². The van der Waals surface area contributed by atoms with Gasteiger partial charge in [-0.25, -0.2) is 17.2 Å². The van der Waals surface area contributed by atoms with Crippen molar-refractivity contribution >= 4 is 10.0 Å². The highest BCUT2D eigenvalue weighted by molar-refractivity contribution is 7.89. The number of sulfonamides is 1. The number of benzene rings is 2. The molecule has 0 aliphatic rings. The van der Waals surface area contributed by atoms with Gasteiger partial charge in [-0.3, -0.25) is 0 Å². The van der Waals surface area contributed by atoms with Crippen molar-refractivity contribution in [1.29, 1.82) is 5.26 Å². The average molecular weight is 322 g/mol. The van der Waals surface area contributed by atoms with E-state index in [4.69, 9.17) is 5.26 Å². The van der Waals surface area contributed by atoms with Crippen LogP contribution in [0.25, 0.3) is 0 Å². The van der Waals surface area contributed by atoms with E-state index in [1.165, 1.54) is 31.3 Å². The van der Waals surface area contributed by atoms with E-state index < -0.39 is 21.7 Å². The highest BCUT2D eigenvalue weighted by Crippen LogP contribution is 2.21. The van der Waals surface area contributed by atoms with Crippen LogP contribution in [0, 0.1) is 23.0 Å². The minimum atomic E-state index is -3.96. The van der Waals surface area contributed by atoms with Crippen LogP contribution in [-0.4, -0.2) is 19.8 Å².